The zero-order chi connectivity index (χ0) is 33.9. The Labute approximate surface area is 296 Å². The number of hydrogen-bond donors (Lipinski definition) is 0. The van der Waals surface area contributed by atoms with Crippen LogP contribution in [0.1, 0.15) is 22.3 Å². The van der Waals surface area contributed by atoms with Gasteiger partial charge in [-0.15, -0.1) is 0 Å². The van der Waals surface area contributed by atoms with Gasteiger partial charge in [-0.3, -0.25) is 0 Å². The van der Waals surface area contributed by atoms with Gasteiger partial charge in [0.2, 0.25) is 0 Å². The van der Waals surface area contributed by atoms with Gasteiger partial charge in [-0.25, -0.2) is 0 Å². The van der Waals surface area contributed by atoms with E-state index in [9.17, 15) is 0 Å². The molecule has 0 aromatic heterocycles. The Morgan fingerprint density at radius 2 is 1.02 bits per heavy atom. The molecule has 0 bridgehead atoms. The molecular weight excluding hydrogens is 619 g/mol. The largest absolute Gasteiger partial charge is 0.310 e. The monoisotopic (exact) mass is 657 g/mol. The lowest BCUT2D eigenvalue weighted by Gasteiger charge is -2.35. The van der Waals surface area contributed by atoms with Crippen molar-refractivity contribution >= 4 is 51.9 Å². The van der Waals surface area contributed by atoms with Crippen molar-refractivity contribution in [2.45, 2.75) is 25.1 Å². The zero-order valence-electron chi connectivity index (χ0n) is 28.8. The Morgan fingerprint density at radius 3 is 1.74 bits per heavy atom. The number of benzene rings is 8. The van der Waals surface area contributed by atoms with Crippen LogP contribution in [0.4, 0.5) is 17.1 Å². The molecule has 0 aliphatic heterocycles. The van der Waals surface area contributed by atoms with Crippen LogP contribution in [0.15, 0.2) is 182 Å². The normalized spacial score (nSPS) is 13.3. The molecule has 8 aromatic carbocycles. The van der Waals surface area contributed by atoms with Crippen molar-refractivity contribution < 1.29 is 0 Å². The average Bonchev–Trinajstić information content (AvgIpc) is 3.46. The first kappa shape index (κ1) is 30.4. The first-order valence-electron chi connectivity index (χ1n) is 17.6. The number of anilines is 3. The molecule has 50 heavy (non-hydrogen) atoms. The lowest BCUT2D eigenvalue weighted by molar-refractivity contribution is 0.768. The molecule has 0 saturated heterocycles. The van der Waals surface area contributed by atoms with E-state index in [2.05, 4.69) is 207 Å². The van der Waals surface area contributed by atoms with Crippen molar-refractivity contribution in [2.75, 3.05) is 4.90 Å². The second-order valence-corrected chi connectivity index (χ2v) is 19.6. The van der Waals surface area contributed by atoms with Crippen molar-refractivity contribution in [3.05, 3.63) is 204 Å². The van der Waals surface area contributed by atoms with Crippen molar-refractivity contribution in [3.63, 3.8) is 0 Å². The van der Waals surface area contributed by atoms with Gasteiger partial charge in [-0.1, -0.05) is 176 Å². The second kappa shape index (κ2) is 11.7. The van der Waals surface area contributed by atoms with E-state index in [0.717, 1.165) is 11.4 Å². The maximum atomic E-state index is 2.49. The maximum absolute atomic E-state index is 2.49. The fourth-order valence-corrected chi connectivity index (χ4v) is 9.50. The molecule has 9 rings (SSSR count). The molecule has 0 spiro atoms. The SMILES string of the molecule is C[Si](C)(C)c1ccc(N(c2ccc3c(c2)C(c2ccccc2)(c2ccccc2)c2ccccc2-3)c2cccc3ccc4ccccc4c23)cc1. The molecule has 0 saturated carbocycles. The minimum Gasteiger partial charge on any atom is -0.310 e. The van der Waals surface area contributed by atoms with Crippen molar-refractivity contribution in [1.29, 1.82) is 0 Å². The molecule has 0 atom stereocenters. The lowest BCUT2D eigenvalue weighted by atomic mass is 9.67. The highest BCUT2D eigenvalue weighted by Crippen LogP contribution is 2.57. The van der Waals surface area contributed by atoms with Crippen LogP contribution in [0.5, 0.6) is 0 Å². The fraction of sp³-hybridized carbons (Fsp3) is 0.0833. The average molecular weight is 658 g/mol. The standard InChI is InChI=1S/C48H39NSi/c1-50(2,3)40-30-27-38(28-31-40)49(46-24-14-16-35-26-25-34-15-10-11-21-41(34)47(35)46)39-29-32-43-42-22-12-13-23-44(42)48(45(43)33-39,36-17-6-4-7-18-36)37-19-8-5-9-20-37/h4-33H,1-3H3. The van der Waals surface area contributed by atoms with Gasteiger partial charge in [-0.05, 0) is 79.9 Å². The number of rotatable bonds is 6. The minimum atomic E-state index is -1.49. The van der Waals surface area contributed by atoms with E-state index in [1.54, 1.807) is 0 Å². The Hall–Kier alpha value is -5.70. The molecule has 1 aliphatic carbocycles. The third-order valence-corrected chi connectivity index (χ3v) is 12.7. The maximum Gasteiger partial charge on any atom is 0.0775 e. The Kier molecular flexibility index (Phi) is 7.12. The van der Waals surface area contributed by atoms with Gasteiger partial charge in [0.1, 0.15) is 0 Å². The highest BCUT2D eigenvalue weighted by Gasteiger charge is 2.46. The molecule has 0 amide bonds. The highest BCUT2D eigenvalue weighted by atomic mass is 28.3. The van der Waals surface area contributed by atoms with E-state index in [0.29, 0.717) is 0 Å². The summed E-state index contributed by atoms with van der Waals surface area (Å²) in [4.78, 5) is 2.49. The smallest absolute Gasteiger partial charge is 0.0775 e. The summed E-state index contributed by atoms with van der Waals surface area (Å²) in [5.41, 5.74) is 10.8. The van der Waals surface area contributed by atoms with Crippen LogP contribution in [-0.4, -0.2) is 8.07 Å². The quantitative estimate of drug-likeness (QED) is 0.127. The van der Waals surface area contributed by atoms with Crippen LogP contribution in [0.25, 0.3) is 32.7 Å². The second-order valence-electron chi connectivity index (χ2n) is 14.6. The summed E-state index contributed by atoms with van der Waals surface area (Å²) in [5.74, 6) is 0. The van der Waals surface area contributed by atoms with Crippen LogP contribution >= 0.6 is 0 Å². The van der Waals surface area contributed by atoms with Gasteiger partial charge in [0.25, 0.3) is 0 Å². The fourth-order valence-electron chi connectivity index (χ4n) is 8.33. The molecule has 1 aliphatic rings. The molecule has 1 nitrogen and oxygen atoms in total. The Morgan fingerprint density at radius 1 is 0.440 bits per heavy atom. The minimum absolute atomic E-state index is 0.469. The molecule has 0 N–H and O–H groups in total. The predicted octanol–water partition coefficient (Wildman–Crippen LogP) is 12.4. The summed E-state index contributed by atoms with van der Waals surface area (Å²) in [7, 11) is -1.49. The zero-order valence-corrected chi connectivity index (χ0v) is 29.8. The first-order chi connectivity index (χ1) is 24.4. The summed E-state index contributed by atoms with van der Waals surface area (Å²) >= 11 is 0. The summed E-state index contributed by atoms with van der Waals surface area (Å²) in [5, 5.41) is 6.47. The predicted molar refractivity (Wildman–Crippen MR) is 216 cm³/mol. The summed E-state index contributed by atoms with van der Waals surface area (Å²) in [6.07, 6.45) is 0. The van der Waals surface area contributed by atoms with Crippen LogP contribution in [0.2, 0.25) is 19.6 Å². The third-order valence-electron chi connectivity index (χ3n) is 10.7. The van der Waals surface area contributed by atoms with Crippen LogP contribution in [0, 0.1) is 0 Å². The van der Waals surface area contributed by atoms with E-state index in [4.69, 9.17) is 0 Å². The lowest BCUT2D eigenvalue weighted by Crippen LogP contribution is -2.37. The van der Waals surface area contributed by atoms with Gasteiger partial charge < -0.3 is 4.90 Å². The van der Waals surface area contributed by atoms with E-state index < -0.39 is 13.5 Å². The first-order valence-corrected chi connectivity index (χ1v) is 21.1. The third kappa shape index (κ3) is 4.67. The molecular formula is C48H39NSi. The van der Waals surface area contributed by atoms with E-state index >= 15 is 0 Å². The van der Waals surface area contributed by atoms with E-state index in [1.165, 1.54) is 65.8 Å². The number of hydrogen-bond acceptors (Lipinski definition) is 1. The Bertz CT molecular complexity index is 2470. The van der Waals surface area contributed by atoms with Gasteiger partial charge in [0.05, 0.1) is 19.2 Å². The molecule has 2 heteroatoms. The number of nitrogens with zero attached hydrogens (tertiary/aromatic N) is 1. The van der Waals surface area contributed by atoms with E-state index in [1.807, 2.05) is 0 Å². The van der Waals surface area contributed by atoms with Gasteiger partial charge in [-0.2, -0.15) is 0 Å². The van der Waals surface area contributed by atoms with Gasteiger partial charge in [0.15, 0.2) is 0 Å². The van der Waals surface area contributed by atoms with Crippen LogP contribution < -0.4 is 10.1 Å². The highest BCUT2D eigenvalue weighted by molar-refractivity contribution is 6.88. The topological polar surface area (TPSA) is 3.24 Å². The van der Waals surface area contributed by atoms with Gasteiger partial charge in [0, 0.05) is 16.8 Å². The van der Waals surface area contributed by atoms with Crippen LogP contribution in [-0.2, 0) is 5.41 Å². The van der Waals surface area contributed by atoms with Crippen molar-refractivity contribution in [2.24, 2.45) is 0 Å². The Balaban J connectivity index is 1.36. The van der Waals surface area contributed by atoms with Crippen LogP contribution in [0.3, 0.4) is 0 Å². The van der Waals surface area contributed by atoms with Crippen molar-refractivity contribution in [3.8, 4) is 11.1 Å². The molecule has 0 radical (unpaired) electrons. The van der Waals surface area contributed by atoms with Crippen molar-refractivity contribution in [1.82, 2.24) is 0 Å². The number of fused-ring (bicyclic) bond motifs is 6. The molecule has 8 aromatic rings. The molecule has 240 valence electrons. The summed E-state index contributed by atoms with van der Waals surface area (Å²) in [6, 6.07) is 67.8. The molecule has 0 heterocycles. The molecule has 0 fully saturated rings. The summed E-state index contributed by atoms with van der Waals surface area (Å²) in [6.45, 7) is 7.25. The van der Waals surface area contributed by atoms with E-state index in [-0.39, 0.29) is 0 Å². The van der Waals surface area contributed by atoms with Gasteiger partial charge >= 0.3 is 0 Å². The summed E-state index contributed by atoms with van der Waals surface area (Å²) < 4.78 is 0. The molecule has 0 unspecified atom stereocenters.